The van der Waals surface area contributed by atoms with Crippen LogP contribution in [-0.2, 0) is 20.7 Å². The number of rotatable bonds is 2. The van der Waals surface area contributed by atoms with Gasteiger partial charge in [0.1, 0.15) is 0 Å². The molecule has 0 amide bonds. The van der Waals surface area contributed by atoms with Crippen LogP contribution in [0.4, 0.5) is 0 Å². The minimum Gasteiger partial charge on any atom is -0.218 e. The third-order valence-corrected chi connectivity index (χ3v) is 6.73. The lowest BCUT2D eigenvalue weighted by molar-refractivity contribution is 0.579. The molecule has 136 valence electrons. The number of sulfone groups is 1. The van der Waals surface area contributed by atoms with Crippen molar-refractivity contribution in [3.63, 3.8) is 0 Å². The summed E-state index contributed by atoms with van der Waals surface area (Å²) in [5, 5.41) is 0. The van der Waals surface area contributed by atoms with Gasteiger partial charge in [0.15, 0.2) is 0 Å². The van der Waals surface area contributed by atoms with Crippen LogP contribution in [0.3, 0.4) is 0 Å². The molecule has 0 saturated heterocycles. The Labute approximate surface area is 153 Å². The Morgan fingerprint density at radius 3 is 1.24 bits per heavy atom. The van der Waals surface area contributed by atoms with Crippen molar-refractivity contribution >= 4 is 9.84 Å². The molecular formula is C22H30O2S. The molecule has 2 nitrogen and oxygen atoms in total. The molecule has 0 atom stereocenters. The van der Waals surface area contributed by atoms with E-state index in [9.17, 15) is 8.42 Å². The summed E-state index contributed by atoms with van der Waals surface area (Å²) in [5.41, 5.74) is 3.44. The van der Waals surface area contributed by atoms with Crippen LogP contribution in [0, 0.1) is 13.8 Å². The average Bonchev–Trinajstić information content (AvgIpc) is 2.45. The second-order valence-electron chi connectivity index (χ2n) is 8.96. The van der Waals surface area contributed by atoms with Gasteiger partial charge in [-0.05, 0) is 59.1 Å². The summed E-state index contributed by atoms with van der Waals surface area (Å²) < 4.78 is 26.9. The molecule has 2 aromatic carbocycles. The number of hydrogen-bond donors (Lipinski definition) is 0. The first kappa shape index (κ1) is 19.7. The zero-order valence-electron chi connectivity index (χ0n) is 16.7. The van der Waals surface area contributed by atoms with Crippen LogP contribution in [0.1, 0.15) is 63.8 Å². The van der Waals surface area contributed by atoms with Crippen molar-refractivity contribution in [2.75, 3.05) is 0 Å². The standard InChI is InChI=1S/C22H30O2S/c1-15-9-11-17(21(3,4)5)13-19(15)25(23,24)20-14-18(22(6,7)8)12-10-16(20)2/h9-14H,1-8H3. The summed E-state index contributed by atoms with van der Waals surface area (Å²) in [6, 6.07) is 11.5. The smallest absolute Gasteiger partial charge is 0.207 e. The number of benzene rings is 2. The maximum absolute atomic E-state index is 13.4. The van der Waals surface area contributed by atoms with E-state index < -0.39 is 9.84 Å². The Balaban J connectivity index is 2.72. The van der Waals surface area contributed by atoms with E-state index in [1.165, 1.54) is 0 Å². The van der Waals surface area contributed by atoms with Crippen LogP contribution in [0.5, 0.6) is 0 Å². The summed E-state index contributed by atoms with van der Waals surface area (Å²) in [7, 11) is -3.57. The molecule has 0 spiro atoms. The highest BCUT2D eigenvalue weighted by molar-refractivity contribution is 7.91. The Hall–Kier alpha value is -1.61. The van der Waals surface area contributed by atoms with Gasteiger partial charge in [-0.2, -0.15) is 0 Å². The molecule has 25 heavy (non-hydrogen) atoms. The van der Waals surface area contributed by atoms with E-state index in [0.717, 1.165) is 22.3 Å². The lowest BCUT2D eigenvalue weighted by Crippen LogP contribution is -2.15. The van der Waals surface area contributed by atoms with Crippen molar-refractivity contribution in [1.29, 1.82) is 0 Å². The molecular weight excluding hydrogens is 328 g/mol. The summed E-state index contributed by atoms with van der Waals surface area (Å²) in [6.45, 7) is 16.3. The van der Waals surface area contributed by atoms with Crippen molar-refractivity contribution < 1.29 is 8.42 Å². The predicted molar refractivity (Wildman–Crippen MR) is 105 cm³/mol. The van der Waals surface area contributed by atoms with Gasteiger partial charge in [0, 0.05) is 0 Å². The first-order valence-corrected chi connectivity index (χ1v) is 10.2. The maximum atomic E-state index is 13.4. The first-order valence-electron chi connectivity index (χ1n) is 8.72. The second-order valence-corrected chi connectivity index (χ2v) is 10.9. The van der Waals surface area contributed by atoms with Gasteiger partial charge in [-0.25, -0.2) is 8.42 Å². The minimum absolute atomic E-state index is 0.0970. The SMILES string of the molecule is Cc1ccc(C(C)(C)C)cc1S(=O)(=O)c1cc(C(C)(C)C)ccc1C. The molecule has 0 aliphatic rings. The molecule has 0 N–H and O–H groups in total. The van der Waals surface area contributed by atoms with Crippen LogP contribution < -0.4 is 0 Å². The lowest BCUT2D eigenvalue weighted by atomic mass is 9.87. The van der Waals surface area contributed by atoms with Crippen molar-refractivity contribution in [1.82, 2.24) is 0 Å². The van der Waals surface area contributed by atoms with Gasteiger partial charge < -0.3 is 0 Å². The number of aryl methyl sites for hydroxylation is 2. The summed E-state index contributed by atoms with van der Waals surface area (Å²) in [5.74, 6) is 0. The first-order chi connectivity index (χ1) is 11.2. The zero-order chi connectivity index (χ0) is 19.2. The van der Waals surface area contributed by atoms with Crippen molar-refractivity contribution in [3.8, 4) is 0 Å². The fraction of sp³-hybridized carbons (Fsp3) is 0.455. The lowest BCUT2D eigenvalue weighted by Gasteiger charge is -2.23. The molecule has 0 heterocycles. The zero-order valence-corrected chi connectivity index (χ0v) is 17.5. The Bertz CT molecular complexity index is 823. The van der Waals surface area contributed by atoms with Crippen LogP contribution in [0.25, 0.3) is 0 Å². The van der Waals surface area contributed by atoms with Crippen LogP contribution in [0.15, 0.2) is 46.2 Å². The molecule has 0 saturated carbocycles. The van der Waals surface area contributed by atoms with Crippen molar-refractivity contribution in [3.05, 3.63) is 58.7 Å². The summed E-state index contributed by atoms with van der Waals surface area (Å²) in [6.07, 6.45) is 0. The summed E-state index contributed by atoms with van der Waals surface area (Å²) >= 11 is 0. The highest BCUT2D eigenvalue weighted by Gasteiger charge is 2.26. The van der Waals surface area contributed by atoms with E-state index in [0.29, 0.717) is 9.79 Å². The monoisotopic (exact) mass is 358 g/mol. The van der Waals surface area contributed by atoms with E-state index in [1.54, 1.807) is 0 Å². The van der Waals surface area contributed by atoms with Gasteiger partial charge in [0.2, 0.25) is 9.84 Å². The molecule has 2 aromatic rings. The largest absolute Gasteiger partial charge is 0.218 e. The number of hydrogen-bond acceptors (Lipinski definition) is 2. The molecule has 0 aromatic heterocycles. The molecule has 0 fully saturated rings. The second kappa shape index (κ2) is 6.28. The molecule has 0 aliphatic heterocycles. The van der Waals surface area contributed by atoms with Crippen molar-refractivity contribution in [2.24, 2.45) is 0 Å². The fourth-order valence-corrected chi connectivity index (χ4v) is 4.62. The van der Waals surface area contributed by atoms with E-state index in [2.05, 4.69) is 41.5 Å². The average molecular weight is 359 g/mol. The van der Waals surface area contributed by atoms with Gasteiger partial charge in [0.25, 0.3) is 0 Å². The van der Waals surface area contributed by atoms with Gasteiger partial charge in [-0.3, -0.25) is 0 Å². The van der Waals surface area contributed by atoms with Crippen molar-refractivity contribution in [2.45, 2.75) is 76.0 Å². The fourth-order valence-electron chi connectivity index (χ4n) is 2.83. The Morgan fingerprint density at radius 1 is 0.640 bits per heavy atom. The molecule has 0 radical (unpaired) electrons. The van der Waals surface area contributed by atoms with Gasteiger partial charge >= 0.3 is 0 Å². The highest BCUT2D eigenvalue weighted by Crippen LogP contribution is 2.33. The van der Waals surface area contributed by atoms with Crippen LogP contribution in [-0.4, -0.2) is 8.42 Å². The molecule has 0 aliphatic carbocycles. The van der Waals surface area contributed by atoms with Crippen LogP contribution >= 0.6 is 0 Å². The molecule has 3 heteroatoms. The molecule has 0 unspecified atom stereocenters. The Kier molecular flexibility index (Phi) is 4.95. The minimum atomic E-state index is -3.57. The van der Waals surface area contributed by atoms with Gasteiger partial charge in [0.05, 0.1) is 9.79 Å². The van der Waals surface area contributed by atoms with Crippen LogP contribution in [0.2, 0.25) is 0 Å². The van der Waals surface area contributed by atoms with Gasteiger partial charge in [-0.15, -0.1) is 0 Å². The third-order valence-electron chi connectivity index (χ3n) is 4.69. The quantitative estimate of drug-likeness (QED) is 0.687. The van der Waals surface area contributed by atoms with E-state index in [-0.39, 0.29) is 10.8 Å². The topological polar surface area (TPSA) is 34.1 Å². The third kappa shape index (κ3) is 3.98. The Morgan fingerprint density at radius 2 is 0.960 bits per heavy atom. The predicted octanol–water partition coefficient (Wildman–Crippen LogP) is 5.73. The van der Waals surface area contributed by atoms with E-state index in [4.69, 9.17) is 0 Å². The molecule has 0 bridgehead atoms. The van der Waals surface area contributed by atoms with Gasteiger partial charge in [-0.1, -0.05) is 65.8 Å². The van der Waals surface area contributed by atoms with E-state index in [1.807, 2.05) is 50.2 Å². The normalized spacial score (nSPS) is 13.1. The highest BCUT2D eigenvalue weighted by atomic mass is 32.2. The van der Waals surface area contributed by atoms with E-state index >= 15 is 0 Å². The molecule has 2 rings (SSSR count). The maximum Gasteiger partial charge on any atom is 0.207 e. The summed E-state index contributed by atoms with van der Waals surface area (Å²) in [4.78, 5) is 0.822.